The number of carboxylic acids is 2. The van der Waals surface area contributed by atoms with E-state index in [2.05, 4.69) is 35.9 Å². The Hall–Kier alpha value is -8.24. The lowest BCUT2D eigenvalue weighted by molar-refractivity contribution is -0.144. The highest BCUT2D eigenvalue weighted by Gasteiger charge is 2.78. The lowest BCUT2D eigenvalue weighted by atomic mass is 9.82. The molecule has 73 heavy (non-hydrogen) atoms. The second-order valence-electron chi connectivity index (χ2n) is 17.0. The molecule has 28 heteroatoms. The minimum absolute atomic E-state index is 0.0123. The van der Waals surface area contributed by atoms with Crippen molar-refractivity contribution in [1.29, 1.82) is 0 Å². The zero-order valence-corrected chi connectivity index (χ0v) is 40.2. The van der Waals surface area contributed by atoms with E-state index in [1.165, 1.54) is 48.1 Å². The number of allylic oxidation sites excluding steroid dienone is 2. The first kappa shape index (κ1) is 51.1. The fraction of sp³-hybridized carbons (Fsp3) is 0.333. The minimum Gasteiger partial charge on any atom is -0.480 e. The second kappa shape index (κ2) is 20.8. The first-order valence-electron chi connectivity index (χ1n) is 22.1. The number of methoxy groups -OCH3 is 1. The van der Waals surface area contributed by atoms with E-state index in [0.717, 1.165) is 10.8 Å². The molecule has 2 saturated heterocycles. The molecule has 0 saturated carbocycles. The number of nitrogens with two attached hydrogens (primary N) is 3. The van der Waals surface area contributed by atoms with Crippen molar-refractivity contribution in [2.75, 3.05) is 37.1 Å². The van der Waals surface area contributed by atoms with Crippen LogP contribution in [0, 0.1) is 5.92 Å². The van der Waals surface area contributed by atoms with Crippen LogP contribution in [-0.2, 0) is 51.3 Å². The largest absolute Gasteiger partial charge is 0.480 e. The van der Waals surface area contributed by atoms with Gasteiger partial charge in [-0.25, -0.2) is 29.1 Å². The Kier molecular flexibility index (Phi) is 14.6. The number of ether oxygens (including phenoxy) is 3. The molecule has 5 heterocycles. The standard InChI is InChI=1S/C45H46N12O14S2/c1-19-31(46)35(60)30-25(17-70-43(48)67)45(69-2)36-28(15-56(45)33(30)34(19)59)57(36)44(68)71-16-20-3-9-24(10-4-20)73-72-18-27(41(65)66)52-29(58)12-11-26(40(63)64)53-38(61)21-5-7-22(8-6-21)49-13-23-14-50-37-32(51-23)39(62)55-42(47)54-37/h3-10,14,25-28,36,49H,11-13,15-18,46H2,1-2H3,(H2,48,67)(H,52,58)(H,53,61)(H,63,64)(H,65,66)(H3,47,50,54,55,62)/t25?,26-,27-,28?,36?,45+,57?/m0/s1. The third kappa shape index (κ3) is 10.3. The Morgan fingerprint density at radius 3 is 2.33 bits per heavy atom. The number of aliphatic carboxylic acids is 2. The SMILES string of the molecule is CO[C@@]12C(COC(N)=O)C3=C(C(=O)C(C)=C(N)C3=O)N1CC1C2N1C(=O)OCc1ccc(SSC[C@H](NC(=O)CC[C@H](NC(=O)c2ccc(NCc3cnc4nc(N)[nH]c(=O)c4n3)cc2)C(=O)O)C(=O)O)cc1. The Morgan fingerprint density at radius 1 is 0.945 bits per heavy atom. The molecule has 2 aromatic heterocycles. The average Bonchev–Trinajstić information content (AvgIpc) is 3.88. The number of benzene rings is 2. The van der Waals surface area contributed by atoms with Gasteiger partial charge < -0.3 is 62.5 Å². The van der Waals surface area contributed by atoms with Crippen molar-refractivity contribution in [3.63, 3.8) is 0 Å². The smallest absolute Gasteiger partial charge is 0.410 e. The van der Waals surface area contributed by atoms with E-state index in [4.69, 9.17) is 31.4 Å². The Bertz CT molecular complexity index is 3080. The van der Waals surface area contributed by atoms with E-state index in [-0.39, 0.29) is 77.1 Å². The topological polar surface area (TPSA) is 397 Å². The van der Waals surface area contributed by atoms with Crippen molar-refractivity contribution in [2.24, 2.45) is 17.4 Å². The molecule has 382 valence electrons. The van der Waals surface area contributed by atoms with E-state index >= 15 is 0 Å². The zero-order valence-electron chi connectivity index (χ0n) is 38.6. The maximum Gasteiger partial charge on any atom is 0.410 e. The Balaban J connectivity index is 0.768. The van der Waals surface area contributed by atoms with Crippen molar-refractivity contribution in [1.82, 2.24) is 40.4 Å². The van der Waals surface area contributed by atoms with Crippen LogP contribution in [0.3, 0.4) is 0 Å². The van der Waals surface area contributed by atoms with Crippen molar-refractivity contribution in [2.45, 2.75) is 67.7 Å². The van der Waals surface area contributed by atoms with Crippen LogP contribution in [0.5, 0.6) is 0 Å². The molecule has 3 aliphatic heterocycles. The van der Waals surface area contributed by atoms with Crippen LogP contribution in [0.15, 0.2) is 87.0 Å². The molecule has 4 aromatic rings. The van der Waals surface area contributed by atoms with Gasteiger partial charge in [-0.2, -0.15) is 4.98 Å². The highest BCUT2D eigenvalue weighted by molar-refractivity contribution is 8.76. The third-order valence-electron chi connectivity index (χ3n) is 12.6. The highest BCUT2D eigenvalue weighted by Crippen LogP contribution is 2.60. The van der Waals surface area contributed by atoms with E-state index in [1.54, 1.807) is 41.3 Å². The van der Waals surface area contributed by atoms with E-state index in [1.807, 2.05) is 0 Å². The van der Waals surface area contributed by atoms with Crippen LogP contribution >= 0.6 is 21.6 Å². The number of aromatic amines is 1. The van der Waals surface area contributed by atoms with Crippen LogP contribution in [0.1, 0.15) is 41.4 Å². The zero-order chi connectivity index (χ0) is 52.5. The van der Waals surface area contributed by atoms with Gasteiger partial charge in [-0.1, -0.05) is 33.7 Å². The number of primary amides is 1. The predicted octanol–water partition coefficient (Wildman–Crippen LogP) is 0.592. The molecule has 2 fully saturated rings. The summed E-state index contributed by atoms with van der Waals surface area (Å²) in [5.41, 5.74) is 16.6. The number of nitrogens with one attached hydrogen (secondary N) is 4. The summed E-state index contributed by atoms with van der Waals surface area (Å²) in [6.45, 7) is 1.18. The molecule has 6 atom stereocenters. The molecule has 1 aliphatic carbocycles. The van der Waals surface area contributed by atoms with Gasteiger partial charge in [0.1, 0.15) is 31.3 Å². The number of piperazine rings is 1. The summed E-state index contributed by atoms with van der Waals surface area (Å²) in [5, 5.41) is 27.5. The minimum atomic E-state index is -1.47. The molecule has 12 N–H and O–H groups in total. The van der Waals surface area contributed by atoms with E-state index < -0.39 is 102 Å². The first-order valence-corrected chi connectivity index (χ1v) is 24.4. The summed E-state index contributed by atoms with van der Waals surface area (Å²) in [6, 6.07) is 8.93. The van der Waals surface area contributed by atoms with Crippen molar-refractivity contribution in [3.05, 3.63) is 104 Å². The fourth-order valence-corrected chi connectivity index (χ4v) is 11.1. The van der Waals surface area contributed by atoms with Crippen LogP contribution in [0.4, 0.5) is 21.2 Å². The van der Waals surface area contributed by atoms with Crippen LogP contribution in [-0.4, -0.2) is 143 Å². The molecule has 3 unspecified atom stereocenters. The van der Waals surface area contributed by atoms with Crippen LogP contribution in [0.25, 0.3) is 11.2 Å². The number of carbonyl (C=O) groups excluding carboxylic acids is 6. The first-order chi connectivity index (χ1) is 34.8. The Labute approximate surface area is 420 Å². The maximum atomic E-state index is 13.5. The summed E-state index contributed by atoms with van der Waals surface area (Å²) < 4.78 is 16.8. The number of hydrogen-bond donors (Lipinski definition) is 9. The average molecular weight is 1040 g/mol. The molecular formula is C45H46N12O14S2. The van der Waals surface area contributed by atoms with Gasteiger partial charge in [0.15, 0.2) is 16.9 Å². The molecule has 0 bridgehead atoms. The molecular weight excluding hydrogens is 997 g/mol. The van der Waals surface area contributed by atoms with Crippen molar-refractivity contribution in [3.8, 4) is 0 Å². The molecule has 2 aromatic carbocycles. The second-order valence-corrected chi connectivity index (χ2v) is 19.4. The summed E-state index contributed by atoms with van der Waals surface area (Å²) >= 11 is 0. The fourth-order valence-electron chi connectivity index (χ4n) is 8.96. The number of ketones is 2. The molecule has 4 aliphatic rings. The summed E-state index contributed by atoms with van der Waals surface area (Å²) in [5.74, 6) is -6.44. The number of nitrogens with zero attached hydrogens (tertiary/aromatic N) is 5. The number of nitrogen functional groups attached to an aromatic ring is 1. The summed E-state index contributed by atoms with van der Waals surface area (Å²) in [6.07, 6.45) is -1.12. The van der Waals surface area contributed by atoms with E-state index in [9.17, 15) is 53.4 Å². The van der Waals surface area contributed by atoms with Crippen molar-refractivity contribution >= 4 is 91.9 Å². The monoisotopic (exact) mass is 1040 g/mol. The summed E-state index contributed by atoms with van der Waals surface area (Å²) in [7, 11) is 3.72. The van der Waals surface area contributed by atoms with E-state index in [0.29, 0.717) is 21.8 Å². The van der Waals surface area contributed by atoms with Gasteiger partial charge in [-0.15, -0.1) is 0 Å². The van der Waals surface area contributed by atoms with Gasteiger partial charge in [-0.3, -0.25) is 33.9 Å². The van der Waals surface area contributed by atoms with Gasteiger partial charge in [0.05, 0.1) is 41.8 Å². The number of aromatic nitrogens is 4. The molecule has 8 rings (SSSR count). The number of H-pyrrole nitrogens is 1. The number of carbonyl (C=O) groups is 8. The lowest BCUT2D eigenvalue weighted by Crippen LogP contribution is -2.56. The number of amides is 4. The molecule has 4 amide bonds. The lowest BCUT2D eigenvalue weighted by Gasteiger charge is -2.40. The number of fused-ring (bicyclic) bond motifs is 5. The molecule has 26 nitrogen and oxygen atoms in total. The predicted molar refractivity (Wildman–Crippen MR) is 258 cm³/mol. The van der Waals surface area contributed by atoms with Crippen LogP contribution < -0.4 is 38.7 Å². The number of carboxylic acid groups (broad SMARTS) is 2. The molecule has 0 spiro atoms. The van der Waals surface area contributed by atoms with Crippen molar-refractivity contribution < 1.29 is 62.8 Å². The number of anilines is 2. The maximum absolute atomic E-state index is 13.5. The van der Waals surface area contributed by atoms with Gasteiger partial charge in [0.2, 0.25) is 23.4 Å². The number of hydrogen-bond acceptors (Lipinski definition) is 21. The Morgan fingerprint density at radius 2 is 1.66 bits per heavy atom. The van der Waals surface area contributed by atoms with Gasteiger partial charge in [0, 0.05) is 53.1 Å². The summed E-state index contributed by atoms with van der Waals surface area (Å²) in [4.78, 5) is 132. The number of Topliss-reactive ketones (excluding diaryl/α,β-unsaturated/α-hetero) is 2. The van der Waals surface area contributed by atoms with Gasteiger partial charge >= 0.3 is 24.1 Å². The molecule has 0 radical (unpaired) electrons. The van der Waals surface area contributed by atoms with Gasteiger partial charge in [0.25, 0.3) is 11.5 Å². The quantitative estimate of drug-likeness (QED) is 0.0332. The normalized spacial score (nSPS) is 20.4. The third-order valence-corrected chi connectivity index (χ3v) is 15.0. The van der Waals surface area contributed by atoms with Gasteiger partial charge in [-0.05, 0) is 55.3 Å². The number of rotatable bonds is 20. The highest BCUT2D eigenvalue weighted by atomic mass is 33.1. The van der Waals surface area contributed by atoms with Crippen LogP contribution in [0.2, 0.25) is 0 Å².